The van der Waals surface area contributed by atoms with Gasteiger partial charge in [0.15, 0.2) is 0 Å². The van der Waals surface area contributed by atoms with Crippen LogP contribution in [0.25, 0.3) is 0 Å². The van der Waals surface area contributed by atoms with Gasteiger partial charge in [0.25, 0.3) is 0 Å². The highest BCUT2D eigenvalue weighted by Crippen LogP contribution is 2.03. The zero-order valence-electron chi connectivity index (χ0n) is 9.69. The molecule has 1 atom stereocenters. The van der Waals surface area contributed by atoms with Gasteiger partial charge < -0.3 is 14.7 Å². The van der Waals surface area contributed by atoms with Gasteiger partial charge in [0, 0.05) is 7.05 Å². The van der Waals surface area contributed by atoms with E-state index in [0.717, 1.165) is 0 Å². The molecular formula is C10H19NO4. The molecule has 5 nitrogen and oxygen atoms in total. The van der Waals surface area contributed by atoms with Gasteiger partial charge >= 0.3 is 5.97 Å². The molecule has 0 aromatic carbocycles. The molecule has 0 aromatic heterocycles. The predicted octanol–water partition coefficient (Wildman–Crippen LogP) is 0.733. The Balaban J connectivity index is 4.22. The first-order valence-electron chi connectivity index (χ1n) is 5.00. The highest BCUT2D eigenvalue weighted by atomic mass is 16.5. The summed E-state index contributed by atoms with van der Waals surface area (Å²) in [5.74, 6) is -1.30. The fraction of sp³-hybridized carbons (Fsp3) is 0.800. The van der Waals surface area contributed by atoms with E-state index < -0.39 is 12.0 Å². The van der Waals surface area contributed by atoms with Crippen LogP contribution in [0, 0.1) is 0 Å². The summed E-state index contributed by atoms with van der Waals surface area (Å²) in [6.07, 6.45) is 0.353. The summed E-state index contributed by atoms with van der Waals surface area (Å²) in [4.78, 5) is 23.5. The SMILES string of the molecule is CCC(C(=O)O)N(C)C(=O)COC(C)C. The molecule has 1 N–H and O–H groups in total. The molecular weight excluding hydrogens is 198 g/mol. The first-order valence-corrected chi connectivity index (χ1v) is 5.00. The van der Waals surface area contributed by atoms with Gasteiger partial charge in [0.1, 0.15) is 12.6 Å². The van der Waals surface area contributed by atoms with Crippen LogP contribution in [0.1, 0.15) is 27.2 Å². The molecule has 0 bridgehead atoms. The average molecular weight is 217 g/mol. The third-order valence-electron chi connectivity index (χ3n) is 2.07. The zero-order chi connectivity index (χ0) is 12.0. The van der Waals surface area contributed by atoms with E-state index in [9.17, 15) is 9.59 Å². The third-order valence-corrected chi connectivity index (χ3v) is 2.07. The fourth-order valence-electron chi connectivity index (χ4n) is 1.13. The summed E-state index contributed by atoms with van der Waals surface area (Å²) in [5.41, 5.74) is 0. The number of hydrogen-bond donors (Lipinski definition) is 1. The Kier molecular flexibility index (Phi) is 5.93. The molecule has 0 spiro atoms. The van der Waals surface area contributed by atoms with E-state index in [1.165, 1.54) is 11.9 Å². The summed E-state index contributed by atoms with van der Waals surface area (Å²) in [7, 11) is 1.48. The van der Waals surface area contributed by atoms with Crippen LogP contribution >= 0.6 is 0 Å². The Morgan fingerprint density at radius 3 is 2.27 bits per heavy atom. The Morgan fingerprint density at radius 1 is 1.40 bits per heavy atom. The van der Waals surface area contributed by atoms with Crippen LogP contribution in [0.5, 0.6) is 0 Å². The molecule has 0 rings (SSSR count). The highest BCUT2D eigenvalue weighted by molar-refractivity contribution is 5.84. The number of carboxylic acid groups (broad SMARTS) is 1. The minimum Gasteiger partial charge on any atom is -0.480 e. The lowest BCUT2D eigenvalue weighted by Crippen LogP contribution is -2.43. The lowest BCUT2D eigenvalue weighted by atomic mass is 10.2. The van der Waals surface area contributed by atoms with Crippen molar-refractivity contribution >= 4 is 11.9 Å². The Morgan fingerprint density at radius 2 is 1.93 bits per heavy atom. The van der Waals surface area contributed by atoms with E-state index in [0.29, 0.717) is 6.42 Å². The van der Waals surface area contributed by atoms with Crippen molar-refractivity contribution in [1.82, 2.24) is 4.90 Å². The molecule has 0 aliphatic heterocycles. The van der Waals surface area contributed by atoms with Crippen LogP contribution in [0.3, 0.4) is 0 Å². The first kappa shape index (κ1) is 13.9. The predicted molar refractivity (Wildman–Crippen MR) is 55.6 cm³/mol. The maximum absolute atomic E-state index is 11.5. The Bertz CT molecular complexity index is 227. The van der Waals surface area contributed by atoms with Crippen LogP contribution in [-0.4, -0.2) is 47.7 Å². The van der Waals surface area contributed by atoms with E-state index in [1.54, 1.807) is 6.92 Å². The van der Waals surface area contributed by atoms with Gasteiger partial charge in [0.05, 0.1) is 6.10 Å². The van der Waals surface area contributed by atoms with Gasteiger partial charge in [-0.3, -0.25) is 4.79 Å². The molecule has 0 aliphatic carbocycles. The molecule has 0 saturated carbocycles. The van der Waals surface area contributed by atoms with Gasteiger partial charge in [-0.15, -0.1) is 0 Å². The highest BCUT2D eigenvalue weighted by Gasteiger charge is 2.24. The average Bonchev–Trinajstić information content (AvgIpc) is 2.14. The van der Waals surface area contributed by atoms with Crippen molar-refractivity contribution in [2.24, 2.45) is 0 Å². The summed E-state index contributed by atoms with van der Waals surface area (Å²) in [6, 6.07) is -0.770. The van der Waals surface area contributed by atoms with Crippen molar-refractivity contribution in [1.29, 1.82) is 0 Å². The van der Waals surface area contributed by atoms with E-state index in [-0.39, 0.29) is 18.6 Å². The number of ether oxygens (including phenoxy) is 1. The standard InChI is InChI=1S/C10H19NO4/c1-5-8(10(13)14)11(4)9(12)6-15-7(2)3/h7-8H,5-6H2,1-4H3,(H,13,14). The third kappa shape index (κ3) is 4.78. The molecule has 0 aliphatic rings. The minimum absolute atomic E-state index is 0.0349. The summed E-state index contributed by atoms with van der Waals surface area (Å²) >= 11 is 0. The second-order valence-electron chi connectivity index (χ2n) is 3.63. The van der Waals surface area contributed by atoms with Gasteiger partial charge in [-0.1, -0.05) is 6.92 Å². The van der Waals surface area contributed by atoms with E-state index in [2.05, 4.69) is 0 Å². The van der Waals surface area contributed by atoms with Gasteiger partial charge in [0.2, 0.25) is 5.91 Å². The van der Waals surface area contributed by atoms with Crippen molar-refractivity contribution in [3.8, 4) is 0 Å². The number of amides is 1. The number of hydrogen-bond acceptors (Lipinski definition) is 3. The number of carboxylic acids is 1. The Labute approximate surface area is 90.0 Å². The normalized spacial score (nSPS) is 12.6. The van der Waals surface area contributed by atoms with Crippen molar-refractivity contribution in [2.75, 3.05) is 13.7 Å². The number of carbonyl (C=O) groups is 2. The summed E-state index contributed by atoms with van der Waals surface area (Å²) in [6.45, 7) is 5.30. The number of likely N-dealkylation sites (N-methyl/N-ethyl adjacent to an activating group) is 1. The maximum atomic E-state index is 11.5. The molecule has 0 saturated heterocycles. The van der Waals surface area contributed by atoms with Crippen LogP contribution in [-0.2, 0) is 14.3 Å². The Hall–Kier alpha value is -1.10. The quantitative estimate of drug-likeness (QED) is 0.712. The summed E-state index contributed by atoms with van der Waals surface area (Å²) in [5, 5.41) is 8.84. The molecule has 88 valence electrons. The van der Waals surface area contributed by atoms with E-state index >= 15 is 0 Å². The first-order chi connectivity index (χ1) is 6.90. The van der Waals surface area contributed by atoms with Crippen LogP contribution in [0.4, 0.5) is 0 Å². The molecule has 5 heteroatoms. The molecule has 0 heterocycles. The number of aliphatic carboxylic acids is 1. The van der Waals surface area contributed by atoms with Crippen molar-refractivity contribution < 1.29 is 19.4 Å². The second-order valence-corrected chi connectivity index (χ2v) is 3.63. The van der Waals surface area contributed by atoms with Crippen molar-refractivity contribution in [3.63, 3.8) is 0 Å². The lowest BCUT2D eigenvalue weighted by molar-refractivity contribution is -0.151. The monoisotopic (exact) mass is 217 g/mol. The van der Waals surface area contributed by atoms with Crippen LogP contribution in [0.15, 0.2) is 0 Å². The van der Waals surface area contributed by atoms with Gasteiger partial charge in [-0.05, 0) is 20.3 Å². The number of rotatable bonds is 6. The molecule has 1 amide bonds. The largest absolute Gasteiger partial charge is 0.480 e. The summed E-state index contributed by atoms with van der Waals surface area (Å²) < 4.78 is 5.12. The molecule has 0 fully saturated rings. The van der Waals surface area contributed by atoms with E-state index in [1.807, 2.05) is 13.8 Å². The van der Waals surface area contributed by atoms with Crippen molar-refractivity contribution in [3.05, 3.63) is 0 Å². The maximum Gasteiger partial charge on any atom is 0.326 e. The number of carbonyl (C=O) groups excluding carboxylic acids is 1. The molecule has 0 aromatic rings. The molecule has 1 unspecified atom stereocenters. The number of nitrogens with zero attached hydrogens (tertiary/aromatic N) is 1. The lowest BCUT2D eigenvalue weighted by Gasteiger charge is -2.24. The van der Waals surface area contributed by atoms with E-state index in [4.69, 9.17) is 9.84 Å². The topological polar surface area (TPSA) is 66.8 Å². The van der Waals surface area contributed by atoms with Crippen LogP contribution < -0.4 is 0 Å². The fourth-order valence-corrected chi connectivity index (χ4v) is 1.13. The van der Waals surface area contributed by atoms with Gasteiger partial charge in [-0.2, -0.15) is 0 Å². The molecule has 15 heavy (non-hydrogen) atoms. The molecule has 0 radical (unpaired) electrons. The van der Waals surface area contributed by atoms with Crippen LogP contribution in [0.2, 0.25) is 0 Å². The van der Waals surface area contributed by atoms with Gasteiger partial charge in [-0.25, -0.2) is 4.79 Å². The second kappa shape index (κ2) is 6.40. The van der Waals surface area contributed by atoms with Crippen molar-refractivity contribution in [2.45, 2.75) is 39.3 Å². The zero-order valence-corrected chi connectivity index (χ0v) is 9.69. The smallest absolute Gasteiger partial charge is 0.326 e. The minimum atomic E-state index is -0.988.